The maximum Gasteiger partial charge on any atom is 0.243 e. The van der Waals surface area contributed by atoms with Crippen LogP contribution in [0.4, 0.5) is 5.69 Å². The highest BCUT2D eigenvalue weighted by molar-refractivity contribution is 14.0. The molecule has 0 unspecified atom stereocenters. The van der Waals surface area contributed by atoms with Crippen LogP contribution in [0, 0.1) is 12.3 Å². The first-order valence-corrected chi connectivity index (χ1v) is 8.88. The zero-order chi connectivity index (χ0) is 17.6. The molecule has 25 heavy (non-hydrogen) atoms. The second-order valence-corrected chi connectivity index (χ2v) is 8.01. The average molecular weight is 472 g/mol. The molecule has 1 fully saturated rings. The number of nitrogens with one attached hydrogen (secondary N) is 2. The number of aliphatic imine (C=N–C) groups is 1. The van der Waals surface area contributed by atoms with Gasteiger partial charge in [0.25, 0.3) is 0 Å². The lowest BCUT2D eigenvalue weighted by molar-refractivity contribution is -0.115. The monoisotopic (exact) mass is 472 g/mol. The fraction of sp³-hybridized carbons (Fsp3) is 0.444. The van der Waals surface area contributed by atoms with Gasteiger partial charge in [-0.25, -0.2) is 0 Å². The number of guanidine groups is 1. The summed E-state index contributed by atoms with van der Waals surface area (Å²) in [5.41, 5.74) is 1.44. The van der Waals surface area contributed by atoms with E-state index in [1.54, 1.807) is 13.1 Å². The Kier molecular flexibility index (Phi) is 8.59. The number of hydrogen-bond donors (Lipinski definition) is 2. The summed E-state index contributed by atoms with van der Waals surface area (Å²) < 4.78 is 0.188. The maximum absolute atomic E-state index is 12.1. The molecule has 0 aromatic heterocycles. The molecule has 1 saturated heterocycles. The Labute approximate surface area is 171 Å². The molecule has 7 heteroatoms. The van der Waals surface area contributed by atoms with E-state index < -0.39 is 0 Å². The lowest BCUT2D eigenvalue weighted by atomic mass is 10.2. The van der Waals surface area contributed by atoms with Gasteiger partial charge in [0.1, 0.15) is 0 Å². The Hall–Kier alpha value is -1.40. The molecule has 0 spiro atoms. The average Bonchev–Trinajstić information content (AvgIpc) is 2.54. The van der Waals surface area contributed by atoms with Crippen molar-refractivity contribution in [1.29, 1.82) is 0 Å². The van der Waals surface area contributed by atoms with Gasteiger partial charge < -0.3 is 15.5 Å². The summed E-state index contributed by atoms with van der Waals surface area (Å²) in [5.74, 6) is 4.24. The van der Waals surface area contributed by atoms with Crippen molar-refractivity contribution in [2.75, 3.05) is 37.8 Å². The minimum Gasteiger partial charge on any atom is -0.347 e. The van der Waals surface area contributed by atoms with Crippen molar-refractivity contribution < 1.29 is 4.79 Å². The molecule has 0 saturated carbocycles. The van der Waals surface area contributed by atoms with Crippen molar-refractivity contribution in [1.82, 2.24) is 10.2 Å². The zero-order valence-corrected chi connectivity index (χ0v) is 18.0. The van der Waals surface area contributed by atoms with Crippen molar-refractivity contribution in [2.24, 2.45) is 4.99 Å². The minimum atomic E-state index is -0.129. The molecule has 1 aliphatic heterocycles. The van der Waals surface area contributed by atoms with Crippen LogP contribution in [-0.2, 0) is 4.79 Å². The van der Waals surface area contributed by atoms with E-state index in [0.717, 1.165) is 30.4 Å². The van der Waals surface area contributed by atoms with Crippen molar-refractivity contribution in [3.63, 3.8) is 0 Å². The van der Waals surface area contributed by atoms with Gasteiger partial charge >= 0.3 is 0 Å². The van der Waals surface area contributed by atoms with Gasteiger partial charge in [0.15, 0.2) is 5.96 Å². The second-order valence-electron chi connectivity index (χ2n) is 6.20. The summed E-state index contributed by atoms with van der Waals surface area (Å²) >= 11 is 1.96. The summed E-state index contributed by atoms with van der Waals surface area (Å²) in [6.45, 7) is 6.45. The molecule has 2 rings (SSSR count). The van der Waals surface area contributed by atoms with Crippen molar-refractivity contribution in [3.8, 4) is 12.3 Å². The van der Waals surface area contributed by atoms with E-state index in [-0.39, 0.29) is 41.2 Å². The Balaban J connectivity index is 0.00000312. The van der Waals surface area contributed by atoms with Gasteiger partial charge in [0.2, 0.25) is 5.91 Å². The summed E-state index contributed by atoms with van der Waals surface area (Å²) in [4.78, 5) is 18.6. The molecule has 1 aliphatic rings. The number of thioether (sulfide) groups is 1. The third-order valence-corrected chi connectivity index (χ3v) is 4.95. The third-order valence-electron chi connectivity index (χ3n) is 3.66. The second kappa shape index (κ2) is 9.92. The van der Waals surface area contributed by atoms with Crippen LogP contribution < -0.4 is 10.6 Å². The molecular weight excluding hydrogens is 447 g/mol. The summed E-state index contributed by atoms with van der Waals surface area (Å²) in [6.07, 6.45) is 5.37. The topological polar surface area (TPSA) is 56.7 Å². The van der Waals surface area contributed by atoms with E-state index in [0.29, 0.717) is 5.69 Å². The Bertz CT molecular complexity index is 669. The predicted octanol–water partition coefficient (Wildman–Crippen LogP) is 2.63. The fourth-order valence-electron chi connectivity index (χ4n) is 2.58. The standard InChI is InChI=1S/C18H24N4OS.HI/c1-5-14-7-6-8-15(11-14)21-16(23)12-20-17(19-4)22-9-10-24-18(2,3)13-22;/h1,6-8,11H,9-10,12-13H2,2-4H3,(H,19,20)(H,21,23);1H. The van der Waals surface area contributed by atoms with Gasteiger partial charge in [-0.1, -0.05) is 12.0 Å². The highest BCUT2D eigenvalue weighted by Gasteiger charge is 2.28. The highest BCUT2D eigenvalue weighted by Crippen LogP contribution is 2.29. The number of benzene rings is 1. The zero-order valence-electron chi connectivity index (χ0n) is 14.8. The number of amides is 1. The third kappa shape index (κ3) is 6.78. The number of carbonyl (C=O) groups excluding carboxylic acids is 1. The summed E-state index contributed by atoms with van der Waals surface area (Å²) in [5, 5.41) is 5.98. The van der Waals surface area contributed by atoms with Crippen molar-refractivity contribution in [2.45, 2.75) is 18.6 Å². The van der Waals surface area contributed by atoms with E-state index in [2.05, 4.69) is 40.3 Å². The maximum atomic E-state index is 12.1. The normalized spacial score (nSPS) is 16.4. The molecular formula is C18H25IN4OS. The quantitative estimate of drug-likeness (QED) is 0.308. The van der Waals surface area contributed by atoms with Gasteiger partial charge in [-0.2, -0.15) is 11.8 Å². The van der Waals surface area contributed by atoms with Gasteiger partial charge in [0.05, 0.1) is 6.54 Å². The molecule has 1 aromatic rings. The molecule has 0 radical (unpaired) electrons. The molecule has 0 aliphatic carbocycles. The van der Waals surface area contributed by atoms with Crippen LogP contribution in [0.15, 0.2) is 29.3 Å². The number of rotatable bonds is 3. The van der Waals surface area contributed by atoms with Crippen LogP contribution in [0.3, 0.4) is 0 Å². The molecule has 1 amide bonds. The van der Waals surface area contributed by atoms with Crippen LogP contribution in [0.1, 0.15) is 19.4 Å². The van der Waals surface area contributed by atoms with Gasteiger partial charge in [-0.3, -0.25) is 9.79 Å². The number of anilines is 1. The molecule has 1 aromatic carbocycles. The smallest absolute Gasteiger partial charge is 0.243 e. The first-order chi connectivity index (χ1) is 11.4. The SMILES string of the molecule is C#Cc1cccc(NC(=O)CNC(=NC)N2CCSC(C)(C)C2)c1.I. The Morgan fingerprint density at radius 2 is 2.24 bits per heavy atom. The fourth-order valence-corrected chi connectivity index (χ4v) is 3.69. The Morgan fingerprint density at radius 1 is 1.48 bits per heavy atom. The number of nitrogens with zero attached hydrogens (tertiary/aromatic N) is 2. The number of halogens is 1. The first kappa shape index (κ1) is 21.6. The van der Waals surface area contributed by atoms with Crippen molar-refractivity contribution >= 4 is 53.3 Å². The van der Waals surface area contributed by atoms with Gasteiger partial charge in [0, 0.05) is 41.9 Å². The van der Waals surface area contributed by atoms with Gasteiger partial charge in [-0.15, -0.1) is 30.4 Å². The van der Waals surface area contributed by atoms with Gasteiger partial charge in [-0.05, 0) is 32.0 Å². The van der Waals surface area contributed by atoms with E-state index in [9.17, 15) is 4.79 Å². The number of carbonyl (C=O) groups is 1. The predicted molar refractivity (Wildman–Crippen MR) is 118 cm³/mol. The van der Waals surface area contributed by atoms with E-state index >= 15 is 0 Å². The van der Waals surface area contributed by atoms with E-state index in [1.165, 1.54) is 0 Å². The number of hydrogen-bond acceptors (Lipinski definition) is 3. The van der Waals surface area contributed by atoms with E-state index in [4.69, 9.17) is 6.42 Å². The number of terminal acetylenes is 1. The van der Waals surface area contributed by atoms with Crippen LogP contribution >= 0.6 is 35.7 Å². The molecule has 0 bridgehead atoms. The van der Waals surface area contributed by atoms with Crippen LogP contribution in [0.2, 0.25) is 0 Å². The molecule has 1 heterocycles. The molecule has 2 N–H and O–H groups in total. The largest absolute Gasteiger partial charge is 0.347 e. The first-order valence-electron chi connectivity index (χ1n) is 7.89. The van der Waals surface area contributed by atoms with Crippen LogP contribution in [0.25, 0.3) is 0 Å². The van der Waals surface area contributed by atoms with E-state index in [1.807, 2.05) is 30.0 Å². The molecule has 5 nitrogen and oxygen atoms in total. The highest BCUT2D eigenvalue weighted by atomic mass is 127. The van der Waals surface area contributed by atoms with Crippen LogP contribution in [-0.4, -0.2) is 53.9 Å². The summed E-state index contributed by atoms with van der Waals surface area (Å²) in [7, 11) is 1.74. The minimum absolute atomic E-state index is 0. The molecule has 136 valence electrons. The van der Waals surface area contributed by atoms with Crippen molar-refractivity contribution in [3.05, 3.63) is 29.8 Å². The lowest BCUT2D eigenvalue weighted by Gasteiger charge is -2.39. The van der Waals surface area contributed by atoms with Crippen LogP contribution in [0.5, 0.6) is 0 Å². The summed E-state index contributed by atoms with van der Waals surface area (Å²) in [6, 6.07) is 7.24. The molecule has 0 atom stereocenters. The lowest BCUT2D eigenvalue weighted by Crippen LogP contribution is -2.52. The Morgan fingerprint density at radius 3 is 2.88 bits per heavy atom.